The van der Waals surface area contributed by atoms with E-state index in [1.165, 1.54) is 10.4 Å². The maximum atomic E-state index is 10.9. The van der Waals surface area contributed by atoms with Crippen LogP contribution >= 0.6 is 0 Å². The van der Waals surface area contributed by atoms with Crippen molar-refractivity contribution in [2.24, 2.45) is 11.8 Å². The van der Waals surface area contributed by atoms with Crippen molar-refractivity contribution >= 4 is 18.7 Å². The number of benzene rings is 2. The summed E-state index contributed by atoms with van der Waals surface area (Å²) in [5.41, 5.74) is -0.651. The monoisotopic (exact) mass is 410 g/mol. The van der Waals surface area contributed by atoms with Crippen molar-refractivity contribution in [3.8, 4) is 0 Å². The molecule has 0 unspecified atom stereocenters. The van der Waals surface area contributed by atoms with Crippen LogP contribution in [0.1, 0.15) is 60.8 Å². The molecule has 2 aromatic carbocycles. The summed E-state index contributed by atoms with van der Waals surface area (Å²) < 4.78 is 7.40. The summed E-state index contributed by atoms with van der Waals surface area (Å²) >= 11 is 0. The highest BCUT2D eigenvalue weighted by Crippen LogP contribution is 2.43. The molecular weight excluding hydrogens is 372 g/mol. The lowest BCUT2D eigenvalue weighted by atomic mass is 9.73. The fourth-order valence-corrected chi connectivity index (χ4v) is 9.89. The average Bonchev–Trinajstić information content (AvgIpc) is 2.65. The molecule has 1 N–H and O–H groups in total. The van der Waals surface area contributed by atoms with E-state index in [1.54, 1.807) is 0 Å². The Labute approximate surface area is 178 Å². The molecule has 0 saturated heterocycles. The zero-order valence-electron chi connectivity index (χ0n) is 19.0. The summed E-state index contributed by atoms with van der Waals surface area (Å²) in [5, 5.41) is 13.5. The molecule has 3 rings (SSSR count). The molecule has 0 radical (unpaired) electrons. The second kappa shape index (κ2) is 8.37. The van der Waals surface area contributed by atoms with Crippen molar-refractivity contribution in [2.75, 3.05) is 0 Å². The predicted molar refractivity (Wildman–Crippen MR) is 125 cm³/mol. The van der Waals surface area contributed by atoms with Crippen molar-refractivity contribution in [3.05, 3.63) is 60.7 Å². The minimum Gasteiger partial charge on any atom is -0.404 e. The molecule has 1 fully saturated rings. The van der Waals surface area contributed by atoms with Gasteiger partial charge in [-0.25, -0.2) is 0 Å². The molecule has 2 aromatic rings. The molecule has 0 spiro atoms. The van der Waals surface area contributed by atoms with Gasteiger partial charge in [0, 0.05) is 6.42 Å². The van der Waals surface area contributed by atoms with E-state index >= 15 is 0 Å². The van der Waals surface area contributed by atoms with Gasteiger partial charge in [0.15, 0.2) is 0 Å². The first-order valence-corrected chi connectivity index (χ1v) is 13.0. The Morgan fingerprint density at radius 3 is 1.86 bits per heavy atom. The lowest BCUT2D eigenvalue weighted by Crippen LogP contribution is -2.69. The van der Waals surface area contributed by atoms with Crippen LogP contribution in [0.3, 0.4) is 0 Å². The highest BCUT2D eigenvalue weighted by Gasteiger charge is 2.53. The number of hydrogen-bond donors (Lipinski definition) is 1. The quantitative estimate of drug-likeness (QED) is 0.692. The van der Waals surface area contributed by atoms with Gasteiger partial charge in [-0.2, -0.15) is 0 Å². The van der Waals surface area contributed by atoms with Gasteiger partial charge >= 0.3 is 0 Å². The van der Waals surface area contributed by atoms with Crippen LogP contribution in [-0.4, -0.2) is 25.1 Å². The van der Waals surface area contributed by atoms with Crippen molar-refractivity contribution in [1.29, 1.82) is 0 Å². The van der Waals surface area contributed by atoms with Gasteiger partial charge in [-0.05, 0) is 47.0 Å². The summed E-state index contributed by atoms with van der Waals surface area (Å²) in [6.07, 6.45) is 2.65. The molecule has 158 valence electrons. The molecule has 0 aromatic heterocycles. The van der Waals surface area contributed by atoms with E-state index in [4.69, 9.17) is 4.43 Å². The van der Waals surface area contributed by atoms with Crippen LogP contribution in [0.4, 0.5) is 0 Å². The van der Waals surface area contributed by atoms with Crippen molar-refractivity contribution < 1.29 is 9.53 Å². The van der Waals surface area contributed by atoms with E-state index in [0.29, 0.717) is 18.3 Å². The molecule has 1 aliphatic rings. The first-order chi connectivity index (χ1) is 13.6. The molecule has 0 heterocycles. The van der Waals surface area contributed by atoms with Crippen molar-refractivity contribution in [1.82, 2.24) is 0 Å². The van der Waals surface area contributed by atoms with E-state index in [1.807, 2.05) is 6.92 Å². The summed E-state index contributed by atoms with van der Waals surface area (Å²) in [6.45, 7) is 13.5. The zero-order valence-corrected chi connectivity index (χ0v) is 20.0. The summed E-state index contributed by atoms with van der Waals surface area (Å²) in [7, 11) is -2.60. The molecule has 29 heavy (non-hydrogen) atoms. The van der Waals surface area contributed by atoms with Crippen LogP contribution in [0.2, 0.25) is 5.04 Å². The molecular formula is C26H38O2Si. The lowest BCUT2D eigenvalue weighted by Gasteiger charge is -2.50. The topological polar surface area (TPSA) is 29.5 Å². The summed E-state index contributed by atoms with van der Waals surface area (Å²) in [6, 6.07) is 21.7. The normalized spacial score (nSPS) is 25.9. The zero-order chi connectivity index (χ0) is 21.3. The first-order valence-electron chi connectivity index (χ1n) is 11.1. The van der Waals surface area contributed by atoms with Crippen LogP contribution in [0.15, 0.2) is 60.7 Å². The minimum absolute atomic E-state index is 0.0411. The highest BCUT2D eigenvalue weighted by atomic mass is 28.4. The third kappa shape index (κ3) is 4.52. The van der Waals surface area contributed by atoms with Gasteiger partial charge in [-0.15, -0.1) is 0 Å². The molecule has 1 saturated carbocycles. The van der Waals surface area contributed by atoms with Crippen molar-refractivity contribution in [2.45, 2.75) is 77.5 Å². The Morgan fingerprint density at radius 1 is 0.966 bits per heavy atom. The Morgan fingerprint density at radius 2 is 1.45 bits per heavy atom. The summed E-state index contributed by atoms with van der Waals surface area (Å²) in [4.78, 5) is 0. The van der Waals surface area contributed by atoms with Crippen molar-refractivity contribution in [3.63, 3.8) is 0 Å². The van der Waals surface area contributed by atoms with E-state index in [2.05, 4.69) is 95.3 Å². The Hall–Kier alpha value is -1.42. The van der Waals surface area contributed by atoms with Gasteiger partial charge in [0.25, 0.3) is 8.32 Å². The van der Waals surface area contributed by atoms with Crippen LogP contribution in [0.25, 0.3) is 0 Å². The summed E-state index contributed by atoms with van der Waals surface area (Å²) in [5.74, 6) is 1.01. The standard InChI is InChI=1S/C26H38O2Si/c1-20(2)23-17-18-26(6,27)19-24(23)28-29(25(3,4)5,21-13-9-7-10-14-21)22-15-11-8-12-16-22/h7-16,20,23-24,27H,17-19H2,1-6H3/t23-,24+,26-/m0/s1. The van der Waals surface area contributed by atoms with E-state index in [-0.39, 0.29) is 11.1 Å². The number of aliphatic hydroxyl groups is 1. The number of hydrogen-bond acceptors (Lipinski definition) is 2. The largest absolute Gasteiger partial charge is 0.404 e. The molecule has 3 heteroatoms. The van der Waals surface area contributed by atoms with Gasteiger partial charge in [0.1, 0.15) is 0 Å². The van der Waals surface area contributed by atoms with Crippen LogP contribution in [0.5, 0.6) is 0 Å². The Bertz CT molecular complexity index is 738. The lowest BCUT2D eigenvalue weighted by molar-refractivity contribution is -0.0619. The van der Waals surface area contributed by atoms with Gasteiger partial charge in [-0.1, -0.05) is 95.3 Å². The van der Waals surface area contributed by atoms with Gasteiger partial charge < -0.3 is 9.53 Å². The maximum Gasteiger partial charge on any atom is 0.261 e. The molecule has 1 aliphatic carbocycles. The van der Waals surface area contributed by atoms with E-state index in [9.17, 15) is 5.11 Å². The fraction of sp³-hybridized carbons (Fsp3) is 0.538. The Balaban J connectivity index is 2.17. The minimum atomic E-state index is -2.60. The SMILES string of the molecule is CC(C)[C@@H]1CC[C@](C)(O)C[C@H]1O[Si](c1ccccc1)(c1ccccc1)C(C)(C)C. The smallest absolute Gasteiger partial charge is 0.261 e. The van der Waals surface area contributed by atoms with E-state index in [0.717, 1.165) is 12.8 Å². The Kier molecular flexibility index (Phi) is 6.43. The third-order valence-electron chi connectivity index (χ3n) is 6.74. The fourth-order valence-electron chi connectivity index (χ4n) is 5.16. The second-order valence-electron chi connectivity index (χ2n) is 10.5. The van der Waals surface area contributed by atoms with E-state index < -0.39 is 13.9 Å². The first kappa shape index (κ1) is 22.3. The van der Waals surface area contributed by atoms with Gasteiger partial charge in [-0.3, -0.25) is 0 Å². The van der Waals surface area contributed by atoms with Crippen LogP contribution in [0, 0.1) is 11.8 Å². The second-order valence-corrected chi connectivity index (χ2v) is 14.7. The van der Waals surface area contributed by atoms with Gasteiger partial charge in [0.2, 0.25) is 0 Å². The van der Waals surface area contributed by atoms with Crippen LogP contribution in [-0.2, 0) is 4.43 Å². The predicted octanol–water partition coefficient (Wildman–Crippen LogP) is 5.14. The highest BCUT2D eigenvalue weighted by molar-refractivity contribution is 6.99. The average molecular weight is 411 g/mol. The molecule has 0 bridgehead atoms. The molecule has 0 amide bonds. The van der Waals surface area contributed by atoms with Crippen LogP contribution < -0.4 is 10.4 Å². The maximum absolute atomic E-state index is 10.9. The molecule has 2 nitrogen and oxygen atoms in total. The third-order valence-corrected chi connectivity index (χ3v) is 11.8. The van der Waals surface area contributed by atoms with Gasteiger partial charge in [0.05, 0.1) is 11.7 Å². The molecule has 3 atom stereocenters. The molecule has 0 aliphatic heterocycles. The number of rotatable bonds is 5.